The Bertz CT molecular complexity index is 656. The molecule has 0 atom stereocenters. The fourth-order valence-corrected chi connectivity index (χ4v) is 2.27. The van der Waals surface area contributed by atoms with Crippen LogP contribution in [0.1, 0.15) is 30.1 Å². The molecule has 1 aromatic rings. The summed E-state index contributed by atoms with van der Waals surface area (Å²) in [5.74, 6) is -2.21. The molecule has 1 fully saturated rings. The van der Waals surface area contributed by atoms with Gasteiger partial charge < -0.3 is 9.47 Å². The van der Waals surface area contributed by atoms with Gasteiger partial charge in [-0.25, -0.2) is 9.59 Å². The van der Waals surface area contributed by atoms with Gasteiger partial charge in [-0.3, -0.25) is 14.5 Å². The Balaban J connectivity index is 2.17. The van der Waals surface area contributed by atoms with Crippen molar-refractivity contribution in [2.24, 2.45) is 0 Å². The summed E-state index contributed by atoms with van der Waals surface area (Å²) < 4.78 is 9.45. The quantitative estimate of drug-likeness (QED) is 0.599. The van der Waals surface area contributed by atoms with Crippen LogP contribution in [-0.2, 0) is 23.9 Å². The zero-order valence-corrected chi connectivity index (χ0v) is 13.1. The average molecular weight is 340 g/mol. The molecule has 0 radical (unpaired) electrons. The summed E-state index contributed by atoms with van der Waals surface area (Å²) in [6, 6.07) is 4.14. The lowest BCUT2D eigenvalue weighted by molar-refractivity contribution is -0.146. The van der Waals surface area contributed by atoms with Crippen molar-refractivity contribution < 1.29 is 28.7 Å². The minimum absolute atomic E-state index is 0.0408. The van der Waals surface area contributed by atoms with E-state index >= 15 is 0 Å². The first-order valence-corrected chi connectivity index (χ1v) is 7.30. The molecule has 0 unspecified atom stereocenters. The summed E-state index contributed by atoms with van der Waals surface area (Å²) in [6.45, 7) is 1.25. The van der Waals surface area contributed by atoms with Gasteiger partial charge in [-0.1, -0.05) is 11.6 Å². The van der Waals surface area contributed by atoms with E-state index in [2.05, 4.69) is 4.74 Å². The zero-order chi connectivity index (χ0) is 17.0. The molecule has 1 aliphatic rings. The number of benzene rings is 1. The Labute approximate surface area is 137 Å². The number of carbonyl (C=O) groups is 4. The molecule has 1 saturated heterocycles. The van der Waals surface area contributed by atoms with E-state index in [-0.39, 0.29) is 47.5 Å². The van der Waals surface area contributed by atoms with Gasteiger partial charge in [-0.2, -0.15) is 0 Å². The second-order valence-corrected chi connectivity index (χ2v) is 5.08. The Morgan fingerprint density at radius 3 is 2.43 bits per heavy atom. The lowest BCUT2D eigenvalue weighted by atomic mass is 10.2. The van der Waals surface area contributed by atoms with Gasteiger partial charge >= 0.3 is 11.9 Å². The summed E-state index contributed by atoms with van der Waals surface area (Å²) in [7, 11) is 0. The van der Waals surface area contributed by atoms with Gasteiger partial charge in [0.15, 0.2) is 6.61 Å². The van der Waals surface area contributed by atoms with E-state index in [0.29, 0.717) is 0 Å². The molecular weight excluding hydrogens is 326 g/mol. The van der Waals surface area contributed by atoms with Crippen LogP contribution in [0.15, 0.2) is 18.2 Å². The number of nitrogens with zero attached hydrogens (tertiary/aromatic N) is 1. The monoisotopic (exact) mass is 339 g/mol. The molecule has 1 heterocycles. The van der Waals surface area contributed by atoms with Gasteiger partial charge in [-0.05, 0) is 25.1 Å². The normalized spacial score (nSPS) is 14.1. The third-order valence-electron chi connectivity index (χ3n) is 3.11. The first-order valence-electron chi connectivity index (χ1n) is 6.92. The van der Waals surface area contributed by atoms with Crippen molar-refractivity contribution in [2.45, 2.75) is 19.8 Å². The van der Waals surface area contributed by atoms with Crippen LogP contribution in [0.25, 0.3) is 0 Å². The lowest BCUT2D eigenvalue weighted by Crippen LogP contribution is -2.28. The summed E-state index contributed by atoms with van der Waals surface area (Å²) in [4.78, 5) is 47.7. The number of carbonyl (C=O) groups excluding carboxylic acids is 4. The lowest BCUT2D eigenvalue weighted by Gasteiger charge is -2.15. The molecule has 2 rings (SSSR count). The third kappa shape index (κ3) is 3.87. The molecule has 0 spiro atoms. The Morgan fingerprint density at radius 2 is 1.83 bits per heavy atom. The highest BCUT2D eigenvalue weighted by atomic mass is 35.5. The van der Waals surface area contributed by atoms with Crippen LogP contribution < -0.4 is 4.90 Å². The van der Waals surface area contributed by atoms with Crippen LogP contribution in [0.2, 0.25) is 5.02 Å². The number of hydrogen-bond acceptors (Lipinski definition) is 6. The fraction of sp³-hybridized carbons (Fsp3) is 0.333. The van der Waals surface area contributed by atoms with Crippen molar-refractivity contribution in [2.75, 3.05) is 18.1 Å². The van der Waals surface area contributed by atoms with E-state index in [0.717, 1.165) is 4.90 Å². The molecule has 2 amide bonds. The minimum Gasteiger partial charge on any atom is -0.463 e. The molecule has 23 heavy (non-hydrogen) atoms. The van der Waals surface area contributed by atoms with E-state index in [1.54, 1.807) is 6.92 Å². The van der Waals surface area contributed by atoms with E-state index in [4.69, 9.17) is 16.3 Å². The largest absolute Gasteiger partial charge is 0.463 e. The van der Waals surface area contributed by atoms with Crippen molar-refractivity contribution >= 4 is 41.0 Å². The van der Waals surface area contributed by atoms with Crippen molar-refractivity contribution in [1.29, 1.82) is 0 Å². The second kappa shape index (κ2) is 7.23. The predicted molar refractivity (Wildman–Crippen MR) is 80.1 cm³/mol. The van der Waals surface area contributed by atoms with Crippen LogP contribution in [0.4, 0.5) is 5.69 Å². The van der Waals surface area contributed by atoms with Gasteiger partial charge in [0.25, 0.3) is 0 Å². The van der Waals surface area contributed by atoms with Gasteiger partial charge in [0.05, 0.1) is 22.9 Å². The summed E-state index contributed by atoms with van der Waals surface area (Å²) in [5.41, 5.74) is 0.200. The minimum atomic E-state index is -0.844. The fourth-order valence-electron chi connectivity index (χ4n) is 2.08. The molecule has 1 aliphatic heterocycles. The molecule has 1 aromatic carbocycles. The Hall–Kier alpha value is -2.41. The second-order valence-electron chi connectivity index (χ2n) is 4.67. The van der Waals surface area contributed by atoms with Gasteiger partial charge in [0.2, 0.25) is 11.8 Å². The first kappa shape index (κ1) is 17.0. The molecular formula is C15H14ClNO6. The Kier molecular flexibility index (Phi) is 5.33. The molecule has 0 saturated carbocycles. The topological polar surface area (TPSA) is 90.0 Å². The number of esters is 2. The molecule has 0 N–H and O–H groups in total. The molecule has 0 bridgehead atoms. The predicted octanol–water partition coefficient (Wildman–Crippen LogP) is 1.71. The molecule has 122 valence electrons. The summed E-state index contributed by atoms with van der Waals surface area (Å²) in [5, 5.41) is 0.0849. The third-order valence-corrected chi connectivity index (χ3v) is 3.44. The van der Waals surface area contributed by atoms with E-state index in [9.17, 15) is 19.2 Å². The number of anilines is 1. The van der Waals surface area contributed by atoms with E-state index in [1.165, 1.54) is 18.2 Å². The van der Waals surface area contributed by atoms with Crippen molar-refractivity contribution in [3.63, 3.8) is 0 Å². The van der Waals surface area contributed by atoms with Crippen LogP contribution in [0.5, 0.6) is 0 Å². The number of ether oxygens (including phenoxy) is 2. The highest BCUT2D eigenvalue weighted by Gasteiger charge is 2.31. The maximum atomic E-state index is 12.0. The van der Waals surface area contributed by atoms with Crippen molar-refractivity contribution in [1.82, 2.24) is 0 Å². The van der Waals surface area contributed by atoms with E-state index < -0.39 is 18.5 Å². The van der Waals surface area contributed by atoms with Gasteiger partial charge in [0, 0.05) is 12.8 Å². The maximum absolute atomic E-state index is 12.0. The smallest absolute Gasteiger partial charge is 0.344 e. The van der Waals surface area contributed by atoms with E-state index in [1.807, 2.05) is 0 Å². The molecule has 7 nitrogen and oxygen atoms in total. The number of hydrogen-bond donors (Lipinski definition) is 0. The standard InChI is InChI=1S/C15H14ClNO6/c1-2-22-14(20)8-23-15(21)10-7-9(3-4-11(10)16)17-12(18)5-6-13(17)19/h3-4,7H,2,5-6,8H2,1H3. The van der Waals surface area contributed by atoms with Crippen LogP contribution in [0.3, 0.4) is 0 Å². The molecule has 0 aliphatic carbocycles. The first-order chi connectivity index (χ1) is 10.9. The SMILES string of the molecule is CCOC(=O)COC(=O)c1cc(N2C(=O)CCC2=O)ccc1Cl. The zero-order valence-electron chi connectivity index (χ0n) is 12.3. The van der Waals surface area contributed by atoms with Crippen molar-refractivity contribution in [3.8, 4) is 0 Å². The number of amides is 2. The summed E-state index contributed by atoms with van der Waals surface area (Å²) >= 11 is 5.94. The summed E-state index contributed by atoms with van der Waals surface area (Å²) in [6.07, 6.45) is 0.258. The van der Waals surface area contributed by atoms with Gasteiger partial charge in [-0.15, -0.1) is 0 Å². The Morgan fingerprint density at radius 1 is 1.17 bits per heavy atom. The molecule has 8 heteroatoms. The van der Waals surface area contributed by atoms with Gasteiger partial charge in [0.1, 0.15) is 0 Å². The number of rotatable bonds is 5. The van der Waals surface area contributed by atoms with Crippen molar-refractivity contribution in [3.05, 3.63) is 28.8 Å². The van der Waals surface area contributed by atoms with Crippen LogP contribution >= 0.6 is 11.6 Å². The average Bonchev–Trinajstić information content (AvgIpc) is 2.85. The maximum Gasteiger partial charge on any atom is 0.344 e. The highest BCUT2D eigenvalue weighted by molar-refractivity contribution is 6.34. The van der Waals surface area contributed by atoms with Crippen LogP contribution in [-0.4, -0.2) is 37.0 Å². The van der Waals surface area contributed by atoms with Crippen LogP contribution in [0, 0.1) is 0 Å². The highest BCUT2D eigenvalue weighted by Crippen LogP contribution is 2.27. The number of halogens is 1. The number of imide groups is 1. The molecule has 0 aromatic heterocycles.